The standard InChI is InChI=1S/C17H22BN3O7/c1-27-14-8-12(16(23)20-6-2-4-11(20)10-22)13(21(25)26)9-15(14)28-7-3-5-19-17(18)24/h8-9,11,22H,2-7,10H2,1H3,(H,19,24)/t11-/m0/s1. The number of nitro groups is 1. The van der Waals surface area contributed by atoms with E-state index in [1.807, 2.05) is 0 Å². The molecule has 0 bridgehead atoms. The van der Waals surface area contributed by atoms with Crippen LogP contribution in [-0.2, 0) is 0 Å². The molecule has 0 aliphatic carbocycles. The summed E-state index contributed by atoms with van der Waals surface area (Å²) in [7, 11) is 6.33. The van der Waals surface area contributed by atoms with Crippen LogP contribution in [0, 0.1) is 10.1 Å². The number of methoxy groups -OCH3 is 1. The van der Waals surface area contributed by atoms with Crippen molar-refractivity contribution in [1.29, 1.82) is 0 Å². The van der Waals surface area contributed by atoms with Crippen LogP contribution in [0.15, 0.2) is 12.1 Å². The van der Waals surface area contributed by atoms with Crippen molar-refractivity contribution in [3.05, 3.63) is 27.8 Å². The van der Waals surface area contributed by atoms with Gasteiger partial charge in [0.05, 0.1) is 37.4 Å². The molecule has 11 heteroatoms. The number of benzene rings is 1. The highest BCUT2D eigenvalue weighted by Gasteiger charge is 2.33. The number of rotatable bonds is 9. The predicted octanol–water partition coefficient (Wildman–Crippen LogP) is 0.847. The third kappa shape index (κ3) is 5.13. The highest BCUT2D eigenvalue weighted by molar-refractivity contribution is 6.57. The average molecular weight is 391 g/mol. The Morgan fingerprint density at radius 1 is 1.43 bits per heavy atom. The highest BCUT2D eigenvalue weighted by Crippen LogP contribution is 2.36. The Balaban J connectivity index is 2.23. The second kappa shape index (κ2) is 9.93. The first kappa shape index (κ1) is 21.5. The summed E-state index contributed by atoms with van der Waals surface area (Å²) >= 11 is 0. The molecule has 28 heavy (non-hydrogen) atoms. The molecular formula is C17H22BN3O7. The van der Waals surface area contributed by atoms with E-state index in [9.17, 15) is 24.8 Å². The fourth-order valence-electron chi connectivity index (χ4n) is 3.06. The minimum atomic E-state index is -0.655. The first-order valence-electron chi connectivity index (χ1n) is 8.83. The lowest BCUT2D eigenvalue weighted by Gasteiger charge is -2.23. The van der Waals surface area contributed by atoms with E-state index >= 15 is 0 Å². The van der Waals surface area contributed by atoms with E-state index in [0.29, 0.717) is 19.4 Å². The monoisotopic (exact) mass is 391 g/mol. The fourth-order valence-corrected chi connectivity index (χ4v) is 3.06. The van der Waals surface area contributed by atoms with Crippen molar-refractivity contribution in [3.63, 3.8) is 0 Å². The Hall–Kier alpha value is -2.82. The van der Waals surface area contributed by atoms with Crippen molar-refractivity contribution in [2.75, 3.05) is 33.4 Å². The van der Waals surface area contributed by atoms with Crippen molar-refractivity contribution < 1.29 is 29.1 Å². The molecule has 2 amide bonds. The third-order valence-corrected chi connectivity index (χ3v) is 4.44. The van der Waals surface area contributed by atoms with Crippen LogP contribution in [0.2, 0.25) is 0 Å². The second-order valence-corrected chi connectivity index (χ2v) is 6.25. The quantitative estimate of drug-likeness (QED) is 0.276. The molecule has 0 unspecified atom stereocenters. The van der Waals surface area contributed by atoms with Gasteiger partial charge >= 0.3 is 0 Å². The van der Waals surface area contributed by atoms with Crippen LogP contribution in [0.1, 0.15) is 29.6 Å². The Bertz CT molecular complexity index is 744. The molecule has 1 aliphatic rings. The third-order valence-electron chi connectivity index (χ3n) is 4.44. The molecule has 1 atom stereocenters. The van der Waals surface area contributed by atoms with E-state index < -0.39 is 22.3 Å². The molecule has 1 aromatic rings. The number of hydrogen-bond donors (Lipinski definition) is 2. The first-order valence-corrected chi connectivity index (χ1v) is 8.83. The van der Waals surface area contributed by atoms with E-state index in [1.54, 1.807) is 0 Å². The Morgan fingerprint density at radius 2 is 2.18 bits per heavy atom. The maximum atomic E-state index is 12.8. The maximum Gasteiger partial charge on any atom is 0.286 e. The zero-order valence-corrected chi connectivity index (χ0v) is 15.6. The van der Waals surface area contributed by atoms with E-state index in [1.165, 1.54) is 18.1 Å². The Morgan fingerprint density at radius 3 is 2.79 bits per heavy atom. The van der Waals surface area contributed by atoms with Crippen molar-refractivity contribution in [3.8, 4) is 11.5 Å². The summed E-state index contributed by atoms with van der Waals surface area (Å²) in [5.41, 5.74) is -0.524. The summed E-state index contributed by atoms with van der Waals surface area (Å²) in [6.45, 7) is 0.666. The van der Waals surface area contributed by atoms with Gasteiger partial charge in [-0.05, 0) is 19.3 Å². The number of aliphatic hydroxyl groups is 1. The summed E-state index contributed by atoms with van der Waals surface area (Å²) in [5, 5.41) is 23.4. The second-order valence-electron chi connectivity index (χ2n) is 6.25. The number of nitrogens with one attached hydrogen (secondary N) is 1. The van der Waals surface area contributed by atoms with Crippen LogP contribution < -0.4 is 14.8 Å². The SMILES string of the molecule is [B]C(=O)NCCCOc1cc([N+](=O)[O-])c(C(=O)N2CCC[C@H]2CO)cc1OC. The lowest BCUT2D eigenvalue weighted by molar-refractivity contribution is -0.385. The maximum absolute atomic E-state index is 12.8. The van der Waals surface area contributed by atoms with Gasteiger partial charge in [-0.3, -0.25) is 19.7 Å². The van der Waals surface area contributed by atoms with E-state index in [2.05, 4.69) is 5.32 Å². The molecule has 2 rings (SSSR count). The average Bonchev–Trinajstić information content (AvgIpc) is 3.15. The van der Waals surface area contributed by atoms with Crippen LogP contribution in [0.3, 0.4) is 0 Å². The van der Waals surface area contributed by atoms with Gasteiger partial charge in [0, 0.05) is 19.2 Å². The van der Waals surface area contributed by atoms with E-state index in [0.717, 1.165) is 12.5 Å². The van der Waals surface area contributed by atoms with E-state index in [4.69, 9.17) is 17.3 Å². The van der Waals surface area contributed by atoms with Gasteiger partial charge in [-0.2, -0.15) is 0 Å². The normalized spacial score (nSPS) is 15.9. The molecule has 1 heterocycles. The van der Waals surface area contributed by atoms with Gasteiger partial charge in [0.25, 0.3) is 11.6 Å². The molecule has 1 fully saturated rings. The predicted molar refractivity (Wildman–Crippen MR) is 100 cm³/mol. The lowest BCUT2D eigenvalue weighted by Crippen LogP contribution is -2.37. The molecule has 1 saturated heterocycles. The summed E-state index contributed by atoms with van der Waals surface area (Å²) in [4.78, 5) is 35.8. The van der Waals surface area contributed by atoms with Gasteiger partial charge in [0.1, 0.15) is 5.56 Å². The van der Waals surface area contributed by atoms with Crippen LogP contribution in [0.25, 0.3) is 0 Å². The minimum Gasteiger partial charge on any atom is -0.493 e. The molecule has 2 radical (unpaired) electrons. The smallest absolute Gasteiger partial charge is 0.286 e. The Labute approximate surface area is 163 Å². The largest absolute Gasteiger partial charge is 0.493 e. The van der Waals surface area contributed by atoms with Gasteiger partial charge in [0.2, 0.25) is 0 Å². The number of hydrogen-bond acceptors (Lipinski definition) is 7. The zero-order chi connectivity index (χ0) is 20.7. The van der Waals surface area contributed by atoms with Crippen molar-refractivity contribution in [1.82, 2.24) is 10.2 Å². The van der Waals surface area contributed by atoms with Gasteiger partial charge in [-0.25, -0.2) is 0 Å². The number of aliphatic hydroxyl groups excluding tert-OH is 1. The van der Waals surface area contributed by atoms with E-state index in [-0.39, 0.29) is 42.9 Å². The first-order chi connectivity index (χ1) is 13.4. The summed E-state index contributed by atoms with van der Waals surface area (Å²) in [6, 6.07) is 2.08. The van der Waals surface area contributed by atoms with Crippen molar-refractivity contribution in [2.24, 2.45) is 0 Å². The number of carbonyl (C=O) groups is 2. The Kier molecular flexibility index (Phi) is 7.62. The number of nitrogens with zero attached hydrogens (tertiary/aromatic N) is 2. The van der Waals surface area contributed by atoms with Crippen LogP contribution in [-0.4, -0.2) is 73.9 Å². The van der Waals surface area contributed by atoms with Crippen LogP contribution in [0.5, 0.6) is 11.5 Å². The van der Waals surface area contributed by atoms with Gasteiger partial charge in [0.15, 0.2) is 25.2 Å². The fraction of sp³-hybridized carbons (Fsp3) is 0.529. The topological polar surface area (TPSA) is 131 Å². The molecule has 1 aliphatic heterocycles. The lowest BCUT2D eigenvalue weighted by atomic mass is 10.1. The van der Waals surface area contributed by atoms with Crippen molar-refractivity contribution in [2.45, 2.75) is 25.3 Å². The highest BCUT2D eigenvalue weighted by atomic mass is 16.6. The molecule has 0 saturated carbocycles. The number of ether oxygens (including phenoxy) is 2. The summed E-state index contributed by atoms with van der Waals surface area (Å²) in [6.07, 6.45) is 1.79. The van der Waals surface area contributed by atoms with Crippen LogP contribution >= 0.6 is 0 Å². The molecule has 150 valence electrons. The molecular weight excluding hydrogens is 369 g/mol. The number of amides is 2. The molecule has 0 aromatic heterocycles. The number of likely N-dealkylation sites (tertiary alicyclic amines) is 1. The molecule has 2 N–H and O–H groups in total. The number of carbonyl (C=O) groups excluding carboxylic acids is 2. The van der Waals surface area contributed by atoms with Crippen LogP contribution in [0.4, 0.5) is 10.5 Å². The van der Waals surface area contributed by atoms with Gasteiger partial charge in [-0.1, -0.05) is 0 Å². The number of nitro benzene ring substituents is 1. The zero-order valence-electron chi connectivity index (χ0n) is 15.6. The van der Waals surface area contributed by atoms with Gasteiger partial charge < -0.3 is 24.8 Å². The summed E-state index contributed by atoms with van der Waals surface area (Å²) < 4.78 is 10.7. The van der Waals surface area contributed by atoms with Gasteiger partial charge in [-0.15, -0.1) is 0 Å². The van der Waals surface area contributed by atoms with Crippen molar-refractivity contribution >= 4 is 25.2 Å². The minimum absolute atomic E-state index is 0.116. The molecule has 0 spiro atoms. The molecule has 10 nitrogen and oxygen atoms in total. The molecule has 1 aromatic carbocycles. The summed E-state index contributed by atoms with van der Waals surface area (Å²) in [5.74, 6) is -0.889.